The van der Waals surface area contributed by atoms with E-state index in [-0.39, 0.29) is 17.1 Å². The highest BCUT2D eigenvalue weighted by Crippen LogP contribution is 2.28. The largest absolute Gasteiger partial charge is 0.427 e. The van der Waals surface area contributed by atoms with Crippen molar-refractivity contribution in [2.75, 3.05) is 0 Å². The minimum absolute atomic E-state index is 0.144. The minimum atomic E-state index is -1.28. The van der Waals surface area contributed by atoms with E-state index in [1.54, 1.807) is 0 Å². The van der Waals surface area contributed by atoms with Crippen molar-refractivity contribution >= 4 is 23.5 Å². The molecular formula is C11H11ClO5. The van der Waals surface area contributed by atoms with E-state index in [1.807, 2.05) is 0 Å². The number of esters is 2. The van der Waals surface area contributed by atoms with Gasteiger partial charge in [0.15, 0.2) is 5.56 Å². The van der Waals surface area contributed by atoms with Crippen molar-refractivity contribution < 1.29 is 24.2 Å². The Morgan fingerprint density at radius 1 is 1.12 bits per heavy atom. The highest BCUT2D eigenvalue weighted by Gasteiger charge is 2.11. The average Bonchev–Trinajstić information content (AvgIpc) is 2.14. The zero-order valence-corrected chi connectivity index (χ0v) is 10.0. The number of ether oxygens (including phenoxy) is 2. The van der Waals surface area contributed by atoms with Crippen LogP contribution >= 0.6 is 11.6 Å². The first kappa shape index (κ1) is 13.5. The van der Waals surface area contributed by atoms with Crippen LogP contribution in [0, 0.1) is 0 Å². The monoisotopic (exact) mass is 258 g/mol. The summed E-state index contributed by atoms with van der Waals surface area (Å²) in [6, 6.07) is 4.11. The Bertz CT molecular complexity index is 407. The molecule has 1 aromatic carbocycles. The molecule has 0 aliphatic carbocycles. The van der Waals surface area contributed by atoms with Crippen LogP contribution in [0.2, 0.25) is 0 Å². The van der Waals surface area contributed by atoms with Crippen molar-refractivity contribution in [3.63, 3.8) is 0 Å². The third-order valence-electron chi connectivity index (χ3n) is 1.70. The quantitative estimate of drug-likeness (QED) is 0.508. The molecule has 5 nitrogen and oxygen atoms in total. The lowest BCUT2D eigenvalue weighted by Gasteiger charge is -2.09. The Morgan fingerprint density at radius 3 is 1.82 bits per heavy atom. The summed E-state index contributed by atoms with van der Waals surface area (Å²) < 4.78 is 9.65. The van der Waals surface area contributed by atoms with E-state index in [0.29, 0.717) is 0 Å². The molecule has 0 radical (unpaired) electrons. The molecule has 0 aromatic heterocycles. The number of hydrogen-bond acceptors (Lipinski definition) is 5. The summed E-state index contributed by atoms with van der Waals surface area (Å²) in [7, 11) is 0. The fraction of sp³-hybridized carbons (Fsp3) is 0.273. The topological polar surface area (TPSA) is 72.8 Å². The van der Waals surface area contributed by atoms with Crippen LogP contribution < -0.4 is 9.47 Å². The zero-order chi connectivity index (χ0) is 13.0. The molecule has 1 rings (SSSR count). The lowest BCUT2D eigenvalue weighted by atomic mass is 10.2. The smallest absolute Gasteiger partial charge is 0.308 e. The fourth-order valence-electron chi connectivity index (χ4n) is 1.18. The molecular weight excluding hydrogens is 248 g/mol. The highest BCUT2D eigenvalue weighted by atomic mass is 35.5. The van der Waals surface area contributed by atoms with Gasteiger partial charge < -0.3 is 14.6 Å². The van der Waals surface area contributed by atoms with Gasteiger partial charge in [0.05, 0.1) is 0 Å². The maximum atomic E-state index is 10.8. The summed E-state index contributed by atoms with van der Waals surface area (Å²) in [6.07, 6.45) is 0. The molecule has 0 saturated carbocycles. The molecule has 0 amide bonds. The van der Waals surface area contributed by atoms with E-state index in [1.165, 1.54) is 32.0 Å². The number of carbonyl (C=O) groups is 2. The number of alkyl halides is 1. The molecule has 92 valence electrons. The minimum Gasteiger partial charge on any atom is -0.427 e. The van der Waals surface area contributed by atoms with E-state index < -0.39 is 17.5 Å². The second kappa shape index (κ2) is 5.65. The van der Waals surface area contributed by atoms with Crippen molar-refractivity contribution in [1.29, 1.82) is 0 Å². The Kier molecular flexibility index (Phi) is 4.48. The van der Waals surface area contributed by atoms with E-state index in [4.69, 9.17) is 21.1 Å². The second-order valence-corrected chi connectivity index (χ2v) is 3.67. The Labute approximate surface area is 103 Å². The predicted octanol–water partition coefficient (Wildman–Crippen LogP) is 1.77. The van der Waals surface area contributed by atoms with Crippen molar-refractivity contribution in [3.05, 3.63) is 23.8 Å². The van der Waals surface area contributed by atoms with Gasteiger partial charge in [-0.2, -0.15) is 0 Å². The van der Waals surface area contributed by atoms with E-state index in [2.05, 4.69) is 0 Å². The molecule has 1 N–H and O–H groups in total. The van der Waals surface area contributed by atoms with Gasteiger partial charge in [-0.25, -0.2) is 0 Å². The number of rotatable bonds is 3. The van der Waals surface area contributed by atoms with E-state index >= 15 is 0 Å². The third-order valence-corrected chi connectivity index (χ3v) is 1.95. The molecule has 0 spiro atoms. The zero-order valence-electron chi connectivity index (χ0n) is 9.27. The first-order valence-corrected chi connectivity index (χ1v) is 5.16. The van der Waals surface area contributed by atoms with Gasteiger partial charge in [0.25, 0.3) is 0 Å². The summed E-state index contributed by atoms with van der Waals surface area (Å²) in [5.74, 6) is -0.767. The molecule has 0 aliphatic rings. The average molecular weight is 259 g/mol. The highest BCUT2D eigenvalue weighted by molar-refractivity contribution is 6.19. The molecule has 1 unspecified atom stereocenters. The van der Waals surface area contributed by atoms with Crippen molar-refractivity contribution in [2.24, 2.45) is 0 Å². The van der Waals surface area contributed by atoms with Crippen LogP contribution in [0.5, 0.6) is 11.5 Å². The summed E-state index contributed by atoms with van der Waals surface area (Å²) in [4.78, 5) is 21.6. The van der Waals surface area contributed by atoms with Crippen molar-refractivity contribution in [2.45, 2.75) is 19.4 Å². The van der Waals surface area contributed by atoms with E-state index in [0.717, 1.165) is 0 Å². The van der Waals surface area contributed by atoms with Gasteiger partial charge in [0, 0.05) is 25.5 Å². The number of aliphatic hydroxyl groups excluding tert-OH is 1. The lowest BCUT2D eigenvalue weighted by molar-refractivity contribution is -0.132. The predicted molar refractivity (Wildman–Crippen MR) is 59.9 cm³/mol. The van der Waals surface area contributed by atoms with E-state index in [9.17, 15) is 14.7 Å². The van der Waals surface area contributed by atoms with Gasteiger partial charge in [-0.1, -0.05) is 11.6 Å². The van der Waals surface area contributed by atoms with Gasteiger partial charge in [0.1, 0.15) is 11.5 Å². The van der Waals surface area contributed by atoms with Crippen LogP contribution in [0.15, 0.2) is 18.2 Å². The van der Waals surface area contributed by atoms with Gasteiger partial charge >= 0.3 is 11.9 Å². The number of halogens is 1. The van der Waals surface area contributed by atoms with Crippen LogP contribution in [0.1, 0.15) is 25.0 Å². The third kappa shape index (κ3) is 4.42. The Hall–Kier alpha value is -1.59. The Morgan fingerprint density at radius 2 is 1.53 bits per heavy atom. The first-order chi connectivity index (χ1) is 7.88. The second-order valence-electron chi connectivity index (χ2n) is 3.26. The SMILES string of the molecule is CC(=O)Oc1cc(OC(C)=O)cc(C(O)Cl)c1. The molecule has 1 aromatic rings. The molecule has 0 fully saturated rings. The van der Waals surface area contributed by atoms with Gasteiger partial charge in [-0.15, -0.1) is 0 Å². The maximum Gasteiger partial charge on any atom is 0.308 e. The summed E-state index contributed by atoms with van der Waals surface area (Å²) in [5.41, 5.74) is -1.01. The number of benzene rings is 1. The van der Waals surface area contributed by atoms with Gasteiger partial charge in [-0.05, 0) is 12.1 Å². The molecule has 0 saturated heterocycles. The molecule has 0 aliphatic heterocycles. The summed E-state index contributed by atoms with van der Waals surface area (Å²) in [5, 5.41) is 9.23. The normalized spacial score (nSPS) is 11.8. The van der Waals surface area contributed by atoms with Crippen LogP contribution in [-0.2, 0) is 9.59 Å². The molecule has 6 heteroatoms. The maximum absolute atomic E-state index is 10.8. The van der Waals surface area contributed by atoms with Crippen LogP contribution in [0.4, 0.5) is 0 Å². The molecule has 0 bridgehead atoms. The van der Waals surface area contributed by atoms with Crippen LogP contribution in [0.3, 0.4) is 0 Å². The van der Waals surface area contributed by atoms with Gasteiger partial charge in [-0.3, -0.25) is 9.59 Å². The molecule has 1 atom stereocenters. The molecule has 17 heavy (non-hydrogen) atoms. The number of aliphatic hydroxyl groups is 1. The van der Waals surface area contributed by atoms with Gasteiger partial charge in [0.2, 0.25) is 0 Å². The van der Waals surface area contributed by atoms with Crippen molar-refractivity contribution in [1.82, 2.24) is 0 Å². The first-order valence-electron chi connectivity index (χ1n) is 4.72. The van der Waals surface area contributed by atoms with Crippen LogP contribution in [-0.4, -0.2) is 17.0 Å². The summed E-state index contributed by atoms with van der Waals surface area (Å²) >= 11 is 5.49. The molecule has 0 heterocycles. The van der Waals surface area contributed by atoms with Crippen LogP contribution in [0.25, 0.3) is 0 Å². The number of carbonyl (C=O) groups excluding carboxylic acids is 2. The number of hydrogen-bond donors (Lipinski definition) is 1. The van der Waals surface area contributed by atoms with Crippen molar-refractivity contribution in [3.8, 4) is 11.5 Å². The Balaban J connectivity index is 3.08. The standard InChI is InChI=1S/C11H11ClO5/c1-6(13)16-9-3-8(11(12)15)4-10(5-9)17-7(2)14/h3-5,11,15H,1-2H3. The fourth-order valence-corrected chi connectivity index (χ4v) is 1.31. The summed E-state index contributed by atoms with van der Waals surface area (Å²) in [6.45, 7) is 2.46. The lowest BCUT2D eigenvalue weighted by Crippen LogP contribution is -2.05.